The Morgan fingerprint density at radius 3 is 2.79 bits per heavy atom. The number of rotatable bonds is 7. The zero-order valence-corrected chi connectivity index (χ0v) is 13.4. The van der Waals surface area contributed by atoms with Crippen molar-refractivity contribution in [3.8, 4) is 0 Å². The average molecular weight is 277 g/mol. The molecule has 0 spiro atoms. The molecule has 0 fully saturated rings. The predicted molar refractivity (Wildman–Crippen MR) is 86.2 cm³/mol. The monoisotopic (exact) mass is 277 g/mol. The molecule has 1 aliphatic carbocycles. The molecule has 2 rings (SSSR count). The van der Waals surface area contributed by atoms with E-state index in [4.69, 9.17) is 0 Å². The number of thioether (sulfide) groups is 1. The molecular formula is C17H27NS. The highest BCUT2D eigenvalue weighted by Gasteiger charge is 2.12. The summed E-state index contributed by atoms with van der Waals surface area (Å²) in [5, 5.41) is 4.27. The van der Waals surface area contributed by atoms with Crippen LogP contribution in [0.2, 0.25) is 0 Å². The third-order valence-electron chi connectivity index (χ3n) is 3.88. The Balaban J connectivity index is 1.80. The van der Waals surface area contributed by atoms with Gasteiger partial charge >= 0.3 is 0 Å². The van der Waals surface area contributed by atoms with Crippen molar-refractivity contribution in [3.63, 3.8) is 0 Å². The first-order valence-electron chi connectivity index (χ1n) is 7.71. The molecule has 2 heteroatoms. The lowest BCUT2D eigenvalue weighted by molar-refractivity contribution is 0.511. The maximum atomic E-state index is 3.64. The number of hydrogen-bond acceptors (Lipinski definition) is 2. The van der Waals surface area contributed by atoms with Gasteiger partial charge in [0.1, 0.15) is 0 Å². The standard InChI is InChI=1S/C17H27NS/c1-4-6-13(2)18-12-14(3)19-17-10-9-15-7-5-8-16(15)11-17/h9-11,13-14,18H,4-8,12H2,1-3H3. The van der Waals surface area contributed by atoms with Gasteiger partial charge in [-0.3, -0.25) is 0 Å². The molecule has 0 aliphatic heterocycles. The maximum Gasteiger partial charge on any atom is 0.0191 e. The zero-order valence-electron chi connectivity index (χ0n) is 12.5. The van der Waals surface area contributed by atoms with Crippen LogP contribution in [0.1, 0.15) is 51.2 Å². The van der Waals surface area contributed by atoms with Crippen molar-refractivity contribution in [2.75, 3.05) is 6.54 Å². The second-order valence-corrected chi connectivity index (χ2v) is 7.32. The molecule has 0 aromatic heterocycles. The van der Waals surface area contributed by atoms with Crippen LogP contribution < -0.4 is 5.32 Å². The number of hydrogen-bond donors (Lipinski definition) is 1. The molecule has 1 N–H and O–H groups in total. The molecule has 0 radical (unpaired) electrons. The largest absolute Gasteiger partial charge is 0.313 e. The van der Waals surface area contributed by atoms with Gasteiger partial charge in [0, 0.05) is 22.7 Å². The lowest BCUT2D eigenvalue weighted by Gasteiger charge is -2.17. The molecule has 0 amide bonds. The second-order valence-electron chi connectivity index (χ2n) is 5.81. The molecule has 2 unspecified atom stereocenters. The van der Waals surface area contributed by atoms with Crippen LogP contribution in [0.4, 0.5) is 0 Å². The zero-order chi connectivity index (χ0) is 13.7. The Bertz CT molecular complexity index is 402. The fraction of sp³-hybridized carbons (Fsp3) is 0.647. The Hall–Kier alpha value is -0.470. The predicted octanol–water partition coefficient (Wildman–Crippen LogP) is 4.43. The first kappa shape index (κ1) is 14.9. The fourth-order valence-corrected chi connectivity index (χ4v) is 3.80. The number of fused-ring (bicyclic) bond motifs is 1. The van der Waals surface area contributed by atoms with Crippen LogP contribution in [0, 0.1) is 0 Å². The van der Waals surface area contributed by atoms with E-state index in [1.807, 2.05) is 11.8 Å². The summed E-state index contributed by atoms with van der Waals surface area (Å²) in [5.41, 5.74) is 3.16. The average Bonchev–Trinajstić information content (AvgIpc) is 2.84. The third-order valence-corrected chi connectivity index (χ3v) is 4.98. The maximum absolute atomic E-state index is 3.64. The third kappa shape index (κ3) is 4.54. The highest BCUT2D eigenvalue weighted by atomic mass is 32.2. The molecule has 0 saturated carbocycles. The van der Waals surface area contributed by atoms with Crippen molar-refractivity contribution in [2.24, 2.45) is 0 Å². The minimum atomic E-state index is 0.638. The van der Waals surface area contributed by atoms with E-state index >= 15 is 0 Å². The van der Waals surface area contributed by atoms with Gasteiger partial charge in [0.15, 0.2) is 0 Å². The van der Waals surface area contributed by atoms with Gasteiger partial charge in [0.05, 0.1) is 0 Å². The van der Waals surface area contributed by atoms with E-state index in [1.54, 1.807) is 11.1 Å². The highest BCUT2D eigenvalue weighted by molar-refractivity contribution is 8.00. The van der Waals surface area contributed by atoms with Crippen LogP contribution in [0.15, 0.2) is 23.1 Å². The van der Waals surface area contributed by atoms with Gasteiger partial charge in [0.25, 0.3) is 0 Å². The molecule has 1 aromatic carbocycles. The summed E-state index contributed by atoms with van der Waals surface area (Å²) in [6, 6.07) is 7.71. The number of nitrogens with one attached hydrogen (secondary N) is 1. The summed E-state index contributed by atoms with van der Waals surface area (Å²) in [6.45, 7) is 7.96. The summed E-state index contributed by atoms with van der Waals surface area (Å²) in [7, 11) is 0. The van der Waals surface area contributed by atoms with Crippen molar-refractivity contribution in [2.45, 2.75) is 69.1 Å². The van der Waals surface area contributed by atoms with Crippen molar-refractivity contribution < 1.29 is 0 Å². The normalized spacial score (nSPS) is 17.2. The van der Waals surface area contributed by atoms with Crippen molar-refractivity contribution in [1.29, 1.82) is 0 Å². The van der Waals surface area contributed by atoms with E-state index in [-0.39, 0.29) is 0 Å². The number of aryl methyl sites for hydroxylation is 2. The molecule has 2 atom stereocenters. The minimum absolute atomic E-state index is 0.638. The van der Waals surface area contributed by atoms with Crippen molar-refractivity contribution >= 4 is 11.8 Å². The van der Waals surface area contributed by atoms with E-state index < -0.39 is 0 Å². The first-order valence-corrected chi connectivity index (χ1v) is 8.59. The Labute approximate surface area is 122 Å². The van der Waals surface area contributed by atoms with Gasteiger partial charge in [-0.2, -0.15) is 0 Å². The van der Waals surface area contributed by atoms with Gasteiger partial charge < -0.3 is 5.32 Å². The van der Waals surface area contributed by atoms with E-state index in [9.17, 15) is 0 Å². The summed E-state index contributed by atoms with van der Waals surface area (Å²) in [4.78, 5) is 1.44. The van der Waals surface area contributed by atoms with E-state index in [1.165, 1.54) is 37.0 Å². The molecular weight excluding hydrogens is 250 g/mol. The lowest BCUT2D eigenvalue weighted by atomic mass is 10.1. The summed E-state index contributed by atoms with van der Waals surface area (Å²) in [5.74, 6) is 0. The van der Waals surface area contributed by atoms with Crippen molar-refractivity contribution in [3.05, 3.63) is 29.3 Å². The van der Waals surface area contributed by atoms with Crippen LogP contribution in [0.25, 0.3) is 0 Å². The lowest BCUT2D eigenvalue weighted by Crippen LogP contribution is -2.31. The van der Waals surface area contributed by atoms with E-state index in [0.29, 0.717) is 11.3 Å². The minimum Gasteiger partial charge on any atom is -0.313 e. The fourth-order valence-electron chi connectivity index (χ4n) is 2.80. The Morgan fingerprint density at radius 2 is 2.00 bits per heavy atom. The molecule has 0 saturated heterocycles. The van der Waals surface area contributed by atoms with Gasteiger partial charge in [0.2, 0.25) is 0 Å². The molecule has 1 nitrogen and oxygen atoms in total. The quantitative estimate of drug-likeness (QED) is 0.740. The highest BCUT2D eigenvalue weighted by Crippen LogP contribution is 2.29. The number of benzene rings is 1. The van der Waals surface area contributed by atoms with Crippen LogP contribution in [0.5, 0.6) is 0 Å². The second kappa shape index (κ2) is 7.35. The van der Waals surface area contributed by atoms with Gasteiger partial charge in [-0.15, -0.1) is 11.8 Å². The van der Waals surface area contributed by atoms with Crippen molar-refractivity contribution in [1.82, 2.24) is 5.32 Å². The Morgan fingerprint density at radius 1 is 1.21 bits per heavy atom. The topological polar surface area (TPSA) is 12.0 Å². The Kier molecular flexibility index (Phi) is 5.77. The smallest absolute Gasteiger partial charge is 0.0191 e. The molecule has 0 heterocycles. The van der Waals surface area contributed by atoms with E-state index in [0.717, 1.165) is 6.54 Å². The van der Waals surface area contributed by atoms with Gasteiger partial charge in [-0.05, 0) is 55.9 Å². The van der Waals surface area contributed by atoms with Gasteiger partial charge in [-0.25, -0.2) is 0 Å². The molecule has 1 aliphatic rings. The first-order chi connectivity index (χ1) is 9.19. The molecule has 0 bridgehead atoms. The van der Waals surface area contributed by atoms with Gasteiger partial charge in [-0.1, -0.05) is 26.3 Å². The van der Waals surface area contributed by atoms with E-state index in [2.05, 4.69) is 44.3 Å². The summed E-state index contributed by atoms with van der Waals surface area (Å²) >= 11 is 2.01. The van der Waals surface area contributed by atoms with Crippen LogP contribution in [0.3, 0.4) is 0 Å². The molecule has 106 valence electrons. The summed E-state index contributed by atoms with van der Waals surface area (Å²) < 4.78 is 0. The molecule has 19 heavy (non-hydrogen) atoms. The van der Waals surface area contributed by atoms with Crippen LogP contribution in [-0.2, 0) is 12.8 Å². The van der Waals surface area contributed by atoms with Crippen LogP contribution in [-0.4, -0.2) is 17.8 Å². The van der Waals surface area contributed by atoms with Crippen LogP contribution >= 0.6 is 11.8 Å². The summed E-state index contributed by atoms with van der Waals surface area (Å²) in [6.07, 6.45) is 6.45. The molecule has 1 aromatic rings. The SMILES string of the molecule is CCCC(C)NCC(C)Sc1ccc2c(c1)CCC2.